The van der Waals surface area contributed by atoms with E-state index in [9.17, 15) is 25.8 Å². The van der Waals surface area contributed by atoms with E-state index in [1.165, 1.54) is 0 Å². The van der Waals surface area contributed by atoms with Gasteiger partial charge in [0.25, 0.3) is 0 Å². The second kappa shape index (κ2) is 20.9. The van der Waals surface area contributed by atoms with Gasteiger partial charge in [-0.15, -0.1) is 0 Å². The summed E-state index contributed by atoms with van der Waals surface area (Å²) in [7, 11) is 7.29. The van der Waals surface area contributed by atoms with Gasteiger partial charge < -0.3 is 14.4 Å². The molecular weight excluding hydrogens is 731 g/mol. The maximum Gasteiger partial charge on any atom is 0.150 e. The molecule has 0 aliphatic carbocycles. The zero-order chi connectivity index (χ0) is 42.1. The van der Waals surface area contributed by atoms with Crippen LogP contribution < -0.4 is 4.90 Å². The van der Waals surface area contributed by atoms with E-state index < -0.39 is 0 Å². The summed E-state index contributed by atoms with van der Waals surface area (Å²) in [5.74, 6) is 0. The number of aldehydes is 1. The van der Waals surface area contributed by atoms with Crippen LogP contribution in [0.1, 0.15) is 43.7 Å². The van der Waals surface area contributed by atoms with Crippen LogP contribution in [0.15, 0.2) is 146 Å². The second-order valence-electron chi connectivity index (χ2n) is 13.5. The molecule has 0 aliphatic heterocycles. The molecule has 0 radical (unpaired) electrons. The van der Waals surface area contributed by atoms with Crippen molar-refractivity contribution in [1.29, 1.82) is 21.0 Å². The van der Waals surface area contributed by atoms with Crippen LogP contribution >= 0.6 is 0 Å². The molecule has 0 spiro atoms. The molecule has 0 saturated heterocycles. The highest BCUT2D eigenvalue weighted by molar-refractivity contribution is 6.03. The van der Waals surface area contributed by atoms with Gasteiger partial charge >= 0.3 is 0 Å². The Labute approximate surface area is 346 Å². The molecule has 288 valence electrons. The highest BCUT2D eigenvalue weighted by Crippen LogP contribution is 2.30. The average molecular weight is 772 g/mol. The van der Waals surface area contributed by atoms with Gasteiger partial charge in [-0.2, -0.15) is 21.0 Å². The standard InChI is InChI=1S/C26H23N3O.C25H18N2O2/c1-29(2)24-14-12-21(13-15-24)20-8-10-23(11-9-20)26(17-28)25(16-27)22-6-4-19(5-7-22)18-30-3;1-29-17-19-4-8-22(9-5-19)24(14-26)25(15-27)23-12-10-21(11-13-23)20-6-2-18(16-28)3-7-20/h4-15H,18H2,1-3H3;2-13,16H,17H2,1H3. The maximum atomic E-state index is 10.8. The molecule has 0 aliphatic rings. The third kappa shape index (κ3) is 10.7. The van der Waals surface area contributed by atoms with Crippen LogP contribution in [0.25, 0.3) is 44.5 Å². The van der Waals surface area contributed by atoms with E-state index in [4.69, 9.17) is 9.47 Å². The number of carbonyl (C=O) groups excluding carboxylic acids is 1. The van der Waals surface area contributed by atoms with Crippen molar-refractivity contribution in [3.63, 3.8) is 0 Å². The quantitative estimate of drug-likeness (QED) is 0.0682. The Morgan fingerprint density at radius 1 is 0.458 bits per heavy atom. The lowest BCUT2D eigenvalue weighted by Gasteiger charge is -2.13. The van der Waals surface area contributed by atoms with E-state index in [0.717, 1.165) is 56.5 Å². The monoisotopic (exact) mass is 771 g/mol. The Bertz CT molecular complexity index is 2600. The number of hydrogen-bond acceptors (Lipinski definition) is 8. The summed E-state index contributed by atoms with van der Waals surface area (Å²) in [4.78, 5) is 12.9. The molecule has 6 rings (SSSR count). The van der Waals surface area contributed by atoms with Gasteiger partial charge in [0, 0.05) is 39.6 Å². The van der Waals surface area contributed by atoms with Crippen LogP contribution in [-0.4, -0.2) is 34.6 Å². The fraction of sp³-hybridized carbons (Fsp3) is 0.118. The van der Waals surface area contributed by atoms with Crippen molar-refractivity contribution in [1.82, 2.24) is 0 Å². The van der Waals surface area contributed by atoms with E-state index in [0.29, 0.717) is 52.2 Å². The smallest absolute Gasteiger partial charge is 0.150 e. The third-order valence-electron chi connectivity index (χ3n) is 9.50. The molecule has 0 unspecified atom stereocenters. The molecule has 6 aromatic rings. The molecule has 8 heteroatoms. The molecule has 0 heterocycles. The van der Waals surface area contributed by atoms with Gasteiger partial charge in [0.2, 0.25) is 0 Å². The number of anilines is 1. The summed E-state index contributed by atoms with van der Waals surface area (Å²) in [5, 5.41) is 38.9. The summed E-state index contributed by atoms with van der Waals surface area (Å²) in [6.07, 6.45) is 0.808. The predicted molar refractivity (Wildman–Crippen MR) is 234 cm³/mol. The van der Waals surface area contributed by atoms with Gasteiger partial charge in [-0.05, 0) is 67.8 Å². The number of allylic oxidation sites excluding steroid dienone is 4. The van der Waals surface area contributed by atoms with Gasteiger partial charge in [-0.3, -0.25) is 4.79 Å². The van der Waals surface area contributed by atoms with E-state index >= 15 is 0 Å². The van der Waals surface area contributed by atoms with E-state index in [1.54, 1.807) is 26.4 Å². The number of ether oxygens (including phenoxy) is 2. The fourth-order valence-corrected chi connectivity index (χ4v) is 6.29. The van der Waals surface area contributed by atoms with Gasteiger partial charge in [0.1, 0.15) is 30.6 Å². The minimum atomic E-state index is 0.329. The Morgan fingerprint density at radius 2 is 0.729 bits per heavy atom. The first kappa shape index (κ1) is 42.3. The highest BCUT2D eigenvalue weighted by Gasteiger charge is 2.14. The number of benzene rings is 6. The number of nitrogens with zero attached hydrogens (tertiary/aromatic N) is 5. The molecule has 0 N–H and O–H groups in total. The van der Waals surface area contributed by atoms with E-state index in [2.05, 4.69) is 53.4 Å². The average Bonchev–Trinajstić information content (AvgIpc) is 3.29. The van der Waals surface area contributed by atoms with Gasteiger partial charge in [-0.25, -0.2) is 0 Å². The fourth-order valence-electron chi connectivity index (χ4n) is 6.29. The van der Waals surface area contributed by atoms with Gasteiger partial charge in [0.15, 0.2) is 0 Å². The Kier molecular flexibility index (Phi) is 15.0. The van der Waals surface area contributed by atoms with Crippen LogP contribution in [0.3, 0.4) is 0 Å². The third-order valence-corrected chi connectivity index (χ3v) is 9.50. The number of hydrogen-bond donors (Lipinski definition) is 0. The molecule has 0 amide bonds. The normalized spacial score (nSPS) is 11.2. The van der Waals surface area contributed by atoms with Crippen LogP contribution in [0, 0.1) is 45.3 Å². The van der Waals surface area contributed by atoms with E-state index in [-0.39, 0.29) is 0 Å². The molecular formula is C51H41N5O3. The molecule has 59 heavy (non-hydrogen) atoms. The first-order chi connectivity index (χ1) is 28.8. The maximum absolute atomic E-state index is 10.8. The number of carbonyl (C=O) groups is 1. The Balaban J connectivity index is 0.000000224. The molecule has 0 fully saturated rings. The Hall–Kier alpha value is -7.85. The van der Waals surface area contributed by atoms with Crippen LogP contribution in [-0.2, 0) is 22.7 Å². The van der Waals surface area contributed by atoms with Crippen molar-refractivity contribution in [3.8, 4) is 46.5 Å². The van der Waals surface area contributed by atoms with Crippen molar-refractivity contribution in [2.75, 3.05) is 33.2 Å². The van der Waals surface area contributed by atoms with Crippen molar-refractivity contribution < 1.29 is 14.3 Å². The van der Waals surface area contributed by atoms with Crippen LogP contribution in [0.2, 0.25) is 0 Å². The topological polar surface area (TPSA) is 134 Å². The summed E-state index contributed by atoms with van der Waals surface area (Å²) in [5.41, 5.74) is 12.1. The minimum Gasteiger partial charge on any atom is -0.380 e. The minimum absolute atomic E-state index is 0.329. The lowest BCUT2D eigenvalue weighted by atomic mass is 9.94. The Morgan fingerprint density at radius 3 is 0.983 bits per heavy atom. The van der Waals surface area contributed by atoms with E-state index in [1.807, 2.05) is 123 Å². The van der Waals surface area contributed by atoms with Crippen LogP contribution in [0.4, 0.5) is 5.69 Å². The predicted octanol–water partition coefficient (Wildman–Crippen LogP) is 10.8. The first-order valence-electron chi connectivity index (χ1n) is 18.6. The van der Waals surface area contributed by atoms with Crippen molar-refractivity contribution >= 4 is 34.3 Å². The zero-order valence-corrected chi connectivity index (χ0v) is 33.3. The summed E-state index contributed by atoms with van der Waals surface area (Å²) in [6.45, 7) is 1.00. The number of nitriles is 4. The first-order valence-corrected chi connectivity index (χ1v) is 18.6. The molecule has 8 nitrogen and oxygen atoms in total. The zero-order valence-electron chi connectivity index (χ0n) is 33.3. The van der Waals surface area contributed by atoms with Crippen molar-refractivity contribution in [2.45, 2.75) is 13.2 Å². The SMILES string of the molecule is COCc1ccc(C(C#N)=C(C#N)c2ccc(-c3ccc(C=O)cc3)cc2)cc1.COCc1ccc(C(C#N)=C(C#N)c2ccc(-c3ccc(N(C)C)cc3)cc2)cc1. The molecule has 0 aromatic heterocycles. The highest BCUT2D eigenvalue weighted by atomic mass is 16.5. The number of rotatable bonds is 12. The van der Waals surface area contributed by atoms with Gasteiger partial charge in [-0.1, -0.05) is 133 Å². The summed E-state index contributed by atoms with van der Waals surface area (Å²) in [6, 6.07) is 54.5. The van der Waals surface area contributed by atoms with Crippen molar-refractivity contribution in [2.24, 2.45) is 0 Å². The largest absolute Gasteiger partial charge is 0.380 e. The van der Waals surface area contributed by atoms with Crippen LogP contribution in [0.5, 0.6) is 0 Å². The van der Waals surface area contributed by atoms with Gasteiger partial charge in [0.05, 0.1) is 35.5 Å². The summed E-state index contributed by atoms with van der Waals surface area (Å²) >= 11 is 0. The molecule has 6 aromatic carbocycles. The van der Waals surface area contributed by atoms with Crippen molar-refractivity contribution in [3.05, 3.63) is 185 Å². The molecule has 0 atom stereocenters. The second-order valence-corrected chi connectivity index (χ2v) is 13.5. The molecule has 0 bridgehead atoms. The lowest BCUT2D eigenvalue weighted by molar-refractivity contribution is 0.112. The number of methoxy groups -OCH3 is 2. The summed E-state index contributed by atoms with van der Waals surface area (Å²) < 4.78 is 10.2. The molecule has 0 saturated carbocycles. The lowest BCUT2D eigenvalue weighted by Crippen LogP contribution is -2.07.